The Labute approximate surface area is 105 Å². The molecule has 5 N–H and O–H groups in total. The van der Waals surface area contributed by atoms with Gasteiger partial charge in [-0.1, -0.05) is 18.2 Å². The van der Waals surface area contributed by atoms with E-state index < -0.39 is 10.0 Å². The highest BCUT2D eigenvalue weighted by atomic mass is 32.2. The molecule has 0 aliphatic carbocycles. The van der Waals surface area contributed by atoms with Gasteiger partial charge in [0.05, 0.1) is 5.69 Å². The van der Waals surface area contributed by atoms with Crippen LogP contribution in [0.5, 0.6) is 0 Å². The van der Waals surface area contributed by atoms with Crippen LogP contribution in [0.2, 0.25) is 0 Å². The highest BCUT2D eigenvalue weighted by Crippen LogP contribution is 2.24. The fourth-order valence-corrected chi connectivity index (χ4v) is 2.28. The molecule has 0 aromatic heterocycles. The van der Waals surface area contributed by atoms with E-state index in [1.54, 1.807) is 42.5 Å². The van der Waals surface area contributed by atoms with E-state index >= 15 is 0 Å². The van der Waals surface area contributed by atoms with Gasteiger partial charge in [-0.15, -0.1) is 0 Å². The quantitative estimate of drug-likeness (QED) is 0.733. The number of benzene rings is 2. The van der Waals surface area contributed by atoms with Gasteiger partial charge < -0.3 is 11.1 Å². The molecule has 0 spiro atoms. The van der Waals surface area contributed by atoms with Gasteiger partial charge in [-0.05, 0) is 30.3 Å². The summed E-state index contributed by atoms with van der Waals surface area (Å²) in [6, 6.07) is 13.4. The Hall–Kier alpha value is -2.05. The first-order chi connectivity index (χ1) is 8.47. The van der Waals surface area contributed by atoms with Gasteiger partial charge in [0.25, 0.3) is 0 Å². The summed E-state index contributed by atoms with van der Waals surface area (Å²) < 4.78 is 22.8. The molecule has 2 rings (SSSR count). The first-order valence-corrected chi connectivity index (χ1v) is 6.76. The van der Waals surface area contributed by atoms with Gasteiger partial charge in [-0.25, -0.2) is 13.6 Å². The van der Waals surface area contributed by atoms with Crippen LogP contribution in [0.25, 0.3) is 0 Å². The van der Waals surface area contributed by atoms with E-state index in [4.69, 9.17) is 10.9 Å². The summed E-state index contributed by atoms with van der Waals surface area (Å²) in [5.41, 5.74) is 7.37. The average molecular weight is 263 g/mol. The van der Waals surface area contributed by atoms with Gasteiger partial charge in [0, 0.05) is 11.4 Å². The molecule has 0 heterocycles. The van der Waals surface area contributed by atoms with E-state index in [-0.39, 0.29) is 4.90 Å². The average Bonchev–Trinajstić information content (AvgIpc) is 2.28. The molecule has 0 aliphatic rings. The molecule has 0 aliphatic heterocycles. The molecule has 0 saturated carbocycles. The van der Waals surface area contributed by atoms with Crippen molar-refractivity contribution in [3.8, 4) is 0 Å². The molecule has 0 radical (unpaired) electrons. The van der Waals surface area contributed by atoms with Crippen LogP contribution in [-0.4, -0.2) is 8.42 Å². The molecule has 0 saturated heterocycles. The fraction of sp³-hybridized carbons (Fsp3) is 0. The van der Waals surface area contributed by atoms with Gasteiger partial charge in [-0.2, -0.15) is 0 Å². The molecule has 0 amide bonds. The molecule has 18 heavy (non-hydrogen) atoms. The standard InChI is InChI=1S/C12H13N3O2S/c13-9-4-3-5-10(8-9)15-11-6-1-2-7-12(11)18(14,16)17/h1-8,15H,13H2,(H2,14,16,17). The van der Waals surface area contributed by atoms with Crippen LogP contribution in [0.15, 0.2) is 53.4 Å². The first-order valence-electron chi connectivity index (χ1n) is 5.21. The van der Waals surface area contributed by atoms with Crippen LogP contribution < -0.4 is 16.2 Å². The third kappa shape index (κ3) is 2.79. The SMILES string of the molecule is Nc1cccc(Nc2ccccc2S(N)(=O)=O)c1. The van der Waals surface area contributed by atoms with Crippen LogP contribution in [0, 0.1) is 0 Å². The zero-order valence-corrected chi connectivity index (χ0v) is 10.3. The van der Waals surface area contributed by atoms with E-state index in [2.05, 4.69) is 5.32 Å². The second-order valence-electron chi connectivity index (χ2n) is 3.79. The van der Waals surface area contributed by atoms with Gasteiger partial charge >= 0.3 is 0 Å². The molecular formula is C12H13N3O2S. The predicted octanol–water partition coefficient (Wildman–Crippen LogP) is 1.66. The summed E-state index contributed by atoms with van der Waals surface area (Å²) in [5, 5.41) is 8.13. The molecule has 6 heteroatoms. The second-order valence-corrected chi connectivity index (χ2v) is 5.32. The minimum atomic E-state index is -3.76. The number of primary sulfonamides is 1. The Morgan fingerprint density at radius 2 is 1.72 bits per heavy atom. The lowest BCUT2D eigenvalue weighted by molar-refractivity contribution is 0.598. The molecular weight excluding hydrogens is 250 g/mol. The molecule has 0 unspecified atom stereocenters. The molecule has 2 aromatic rings. The minimum absolute atomic E-state index is 0.0485. The molecule has 2 aromatic carbocycles. The number of anilines is 3. The van der Waals surface area contributed by atoms with E-state index in [0.29, 0.717) is 17.1 Å². The van der Waals surface area contributed by atoms with Crippen LogP contribution in [0.3, 0.4) is 0 Å². The van der Waals surface area contributed by atoms with Crippen LogP contribution in [0.1, 0.15) is 0 Å². The number of nitrogens with one attached hydrogen (secondary N) is 1. The zero-order chi connectivity index (χ0) is 13.2. The van der Waals surface area contributed by atoms with Crippen molar-refractivity contribution in [2.24, 2.45) is 5.14 Å². The Balaban J connectivity index is 2.41. The molecule has 0 atom stereocenters. The maximum Gasteiger partial charge on any atom is 0.240 e. The number of nitrogens with two attached hydrogens (primary N) is 2. The minimum Gasteiger partial charge on any atom is -0.399 e. The van der Waals surface area contributed by atoms with Gasteiger partial charge in [0.1, 0.15) is 4.90 Å². The zero-order valence-electron chi connectivity index (χ0n) is 9.50. The highest BCUT2D eigenvalue weighted by molar-refractivity contribution is 7.89. The normalized spacial score (nSPS) is 11.2. The fourth-order valence-electron chi connectivity index (χ4n) is 1.59. The number of hydrogen-bond acceptors (Lipinski definition) is 4. The number of para-hydroxylation sites is 1. The number of sulfonamides is 1. The van der Waals surface area contributed by atoms with E-state index in [1.165, 1.54) is 6.07 Å². The Kier molecular flexibility index (Phi) is 3.22. The van der Waals surface area contributed by atoms with Crippen LogP contribution >= 0.6 is 0 Å². The van der Waals surface area contributed by atoms with Crippen molar-refractivity contribution in [3.05, 3.63) is 48.5 Å². The van der Waals surface area contributed by atoms with Crippen molar-refractivity contribution >= 4 is 27.1 Å². The summed E-state index contributed by atoms with van der Waals surface area (Å²) in [7, 11) is -3.76. The summed E-state index contributed by atoms with van der Waals surface area (Å²) in [6.07, 6.45) is 0. The molecule has 0 fully saturated rings. The summed E-state index contributed by atoms with van der Waals surface area (Å²) in [4.78, 5) is 0.0485. The van der Waals surface area contributed by atoms with E-state index in [9.17, 15) is 8.42 Å². The topological polar surface area (TPSA) is 98.2 Å². The Bertz CT molecular complexity index is 669. The molecule has 94 valence electrons. The summed E-state index contributed by atoms with van der Waals surface area (Å²) in [6.45, 7) is 0. The largest absolute Gasteiger partial charge is 0.399 e. The third-order valence-electron chi connectivity index (χ3n) is 2.36. The van der Waals surface area contributed by atoms with Gasteiger partial charge in [0.2, 0.25) is 10.0 Å². The maximum absolute atomic E-state index is 11.4. The summed E-state index contributed by atoms with van der Waals surface area (Å²) in [5.74, 6) is 0. The Morgan fingerprint density at radius 3 is 2.39 bits per heavy atom. The lowest BCUT2D eigenvalue weighted by atomic mass is 10.2. The van der Waals surface area contributed by atoms with Crippen LogP contribution in [0.4, 0.5) is 17.1 Å². The van der Waals surface area contributed by atoms with E-state index in [0.717, 1.165) is 0 Å². The van der Waals surface area contributed by atoms with Crippen molar-refractivity contribution in [1.82, 2.24) is 0 Å². The van der Waals surface area contributed by atoms with Gasteiger partial charge in [0.15, 0.2) is 0 Å². The number of hydrogen-bond donors (Lipinski definition) is 3. The summed E-state index contributed by atoms with van der Waals surface area (Å²) >= 11 is 0. The predicted molar refractivity (Wildman–Crippen MR) is 72.0 cm³/mol. The van der Waals surface area contributed by atoms with Crippen molar-refractivity contribution < 1.29 is 8.42 Å². The smallest absolute Gasteiger partial charge is 0.240 e. The monoisotopic (exact) mass is 263 g/mol. The van der Waals surface area contributed by atoms with Gasteiger partial charge in [-0.3, -0.25) is 0 Å². The number of nitrogen functional groups attached to an aromatic ring is 1. The van der Waals surface area contributed by atoms with Crippen LogP contribution in [-0.2, 0) is 10.0 Å². The second kappa shape index (κ2) is 4.67. The number of rotatable bonds is 3. The lowest BCUT2D eigenvalue weighted by Crippen LogP contribution is -2.14. The first kappa shape index (κ1) is 12.4. The van der Waals surface area contributed by atoms with Crippen molar-refractivity contribution in [1.29, 1.82) is 0 Å². The highest BCUT2D eigenvalue weighted by Gasteiger charge is 2.12. The maximum atomic E-state index is 11.4. The molecule has 5 nitrogen and oxygen atoms in total. The van der Waals surface area contributed by atoms with Crippen molar-refractivity contribution in [2.45, 2.75) is 4.90 Å². The molecule has 0 bridgehead atoms. The van der Waals surface area contributed by atoms with E-state index in [1.807, 2.05) is 0 Å². The van der Waals surface area contributed by atoms with Crippen molar-refractivity contribution in [3.63, 3.8) is 0 Å². The lowest BCUT2D eigenvalue weighted by Gasteiger charge is -2.10. The van der Waals surface area contributed by atoms with Crippen molar-refractivity contribution in [2.75, 3.05) is 11.1 Å². The Morgan fingerprint density at radius 1 is 1.00 bits per heavy atom. The third-order valence-corrected chi connectivity index (χ3v) is 3.33.